The number of esters is 2. The maximum Gasteiger partial charge on any atom is 0.435 e. The van der Waals surface area contributed by atoms with E-state index in [0.29, 0.717) is 49.2 Å². The molecule has 4 unspecified atom stereocenters. The number of halogens is 14. The van der Waals surface area contributed by atoms with Crippen LogP contribution in [0.3, 0.4) is 0 Å². The van der Waals surface area contributed by atoms with Crippen LogP contribution < -0.4 is 5.73 Å². The van der Waals surface area contributed by atoms with Crippen LogP contribution in [0.15, 0.2) is 138 Å². The van der Waals surface area contributed by atoms with Crippen LogP contribution in [0.2, 0.25) is 10.0 Å². The first kappa shape index (κ1) is 95.4. The minimum Gasteiger partial charge on any atom is -0.481 e. The van der Waals surface area contributed by atoms with E-state index in [4.69, 9.17) is 50.4 Å². The van der Waals surface area contributed by atoms with Crippen molar-refractivity contribution in [1.29, 1.82) is 0 Å². The lowest BCUT2D eigenvalue weighted by molar-refractivity contribution is -0.145. The maximum absolute atomic E-state index is 14.3. The summed E-state index contributed by atoms with van der Waals surface area (Å²) < 4.78 is 233. The molecule has 0 aliphatic carbocycles. The summed E-state index contributed by atoms with van der Waals surface area (Å²) in [7, 11) is -13.2. The molecule has 0 aliphatic rings. The summed E-state index contributed by atoms with van der Waals surface area (Å²) in [5.41, 5.74) is 6.03. The van der Waals surface area contributed by atoms with Gasteiger partial charge in [0.15, 0.2) is 50.7 Å². The predicted octanol–water partition coefficient (Wildman–Crippen LogP) is 15.4. The van der Waals surface area contributed by atoms with E-state index in [0.717, 1.165) is 58.7 Å². The van der Waals surface area contributed by atoms with Gasteiger partial charge < -0.3 is 20.3 Å². The number of aliphatic carboxylic acids is 1. The number of Topliss-reactive ketones (excluding diaryl/α,β-unsaturated/α-hetero) is 1. The Kier molecular flexibility index (Phi) is 36.8. The number of benzene rings is 6. The lowest BCUT2D eigenvalue weighted by Gasteiger charge is -2.13. The number of hydrogen-bond acceptors (Lipinski definition) is 17. The summed E-state index contributed by atoms with van der Waals surface area (Å²) in [6.07, 6.45) is -5.18. The molecule has 38 heteroatoms. The Morgan fingerprint density at radius 1 is 0.505 bits per heavy atom. The molecule has 0 fully saturated rings. The highest BCUT2D eigenvalue weighted by molar-refractivity contribution is 9.10. The number of nitrogens with two attached hydrogens (primary N) is 1. The zero-order chi connectivity index (χ0) is 83.1. The third-order valence-corrected chi connectivity index (χ3v) is 19.1. The van der Waals surface area contributed by atoms with Gasteiger partial charge in [0, 0.05) is 86.4 Å². The summed E-state index contributed by atoms with van der Waals surface area (Å²) in [5, 5.41) is 16.1. The van der Waals surface area contributed by atoms with E-state index in [-0.39, 0.29) is 88.6 Å². The van der Waals surface area contributed by atoms with Gasteiger partial charge in [0.05, 0.1) is 65.1 Å². The van der Waals surface area contributed by atoms with E-state index in [1.165, 1.54) is 67.6 Å². The molecular formula is C71H77BrCl3F10N5O15S4. The highest BCUT2D eigenvalue weighted by Gasteiger charge is 2.36. The number of aromatic nitrogens is 4. The number of hydrogen-bond donors (Lipinski definition) is 2. The summed E-state index contributed by atoms with van der Waals surface area (Å²) >= 11 is 20.2. The summed E-state index contributed by atoms with van der Waals surface area (Å²) in [5.74, 6) is -8.33. The Morgan fingerprint density at radius 3 is 1.16 bits per heavy atom. The number of sulfone groups is 4. The second-order valence-electron chi connectivity index (χ2n) is 24.2. The molecule has 0 radical (unpaired) electrons. The number of carboxylic acids is 1. The fraction of sp³-hybridized carbons (Fsp3) is 0.352. The van der Waals surface area contributed by atoms with Gasteiger partial charge in [-0.1, -0.05) is 101 Å². The van der Waals surface area contributed by atoms with Crippen LogP contribution in [0.5, 0.6) is 0 Å². The summed E-state index contributed by atoms with van der Waals surface area (Å²) in [4.78, 5) is 45.4. The first-order valence-corrected chi connectivity index (χ1v) is 42.2. The van der Waals surface area contributed by atoms with Crippen molar-refractivity contribution < 1.29 is 111 Å². The van der Waals surface area contributed by atoms with Gasteiger partial charge in [-0.15, -0.1) is 11.6 Å². The number of rotatable bonds is 23. The second kappa shape index (κ2) is 42.0. The van der Waals surface area contributed by atoms with Gasteiger partial charge in [-0.2, -0.15) is 36.5 Å². The van der Waals surface area contributed by atoms with E-state index < -0.39 is 127 Å². The Morgan fingerprint density at radius 2 is 0.844 bits per heavy atom. The van der Waals surface area contributed by atoms with Gasteiger partial charge in [-0.25, -0.2) is 60.6 Å². The van der Waals surface area contributed by atoms with Crippen molar-refractivity contribution in [3.05, 3.63) is 233 Å². The number of carbonyl (C=O) groups is 4. The Labute approximate surface area is 648 Å². The molecule has 8 rings (SSSR count). The average molecular weight is 1740 g/mol. The normalized spacial score (nSPS) is 12.7. The number of ether oxygens (including phenoxy) is 2. The second-order valence-corrected chi connectivity index (χ2v) is 35.2. The van der Waals surface area contributed by atoms with Crippen molar-refractivity contribution >= 4 is 114 Å². The molecular weight excluding hydrogens is 1670 g/mol. The van der Waals surface area contributed by atoms with Crippen molar-refractivity contribution in [2.24, 2.45) is 5.73 Å². The smallest absolute Gasteiger partial charge is 0.435 e. The summed E-state index contributed by atoms with van der Waals surface area (Å²) in [6.45, 7) is 10.2. The van der Waals surface area contributed by atoms with Crippen LogP contribution in [-0.2, 0) is 116 Å². The maximum atomic E-state index is 14.3. The number of alkyl halides is 7. The van der Waals surface area contributed by atoms with Crippen molar-refractivity contribution in [1.82, 2.24) is 19.6 Å². The van der Waals surface area contributed by atoms with Crippen LogP contribution >= 0.6 is 50.7 Å². The quantitative estimate of drug-likeness (QED) is 0.0341. The minimum atomic E-state index is -4.67. The molecule has 0 bridgehead atoms. The molecule has 6 aromatic carbocycles. The van der Waals surface area contributed by atoms with Crippen LogP contribution in [-0.4, -0.2) is 126 Å². The fourth-order valence-corrected chi connectivity index (χ4v) is 13.1. The van der Waals surface area contributed by atoms with E-state index in [2.05, 4.69) is 30.9 Å². The van der Waals surface area contributed by atoms with Crippen molar-refractivity contribution in [3.8, 4) is 11.4 Å². The van der Waals surface area contributed by atoms with Gasteiger partial charge in [0.2, 0.25) is 0 Å². The van der Waals surface area contributed by atoms with E-state index in [1.807, 2.05) is 0 Å². The van der Waals surface area contributed by atoms with Gasteiger partial charge >= 0.3 is 30.3 Å². The Hall–Kier alpha value is -7.77. The highest BCUT2D eigenvalue weighted by Crippen LogP contribution is 2.33. The van der Waals surface area contributed by atoms with Gasteiger partial charge in [-0.05, 0) is 137 Å². The monoisotopic (exact) mass is 1740 g/mol. The minimum absolute atomic E-state index is 0.00370. The molecule has 20 nitrogen and oxygen atoms in total. The average Bonchev–Trinajstić information content (AvgIpc) is 1.68. The van der Waals surface area contributed by atoms with Crippen LogP contribution in [0.1, 0.15) is 127 Å². The molecule has 109 heavy (non-hydrogen) atoms. The summed E-state index contributed by atoms with van der Waals surface area (Å²) in [6, 6.07) is 30.5. The zero-order valence-electron chi connectivity index (χ0n) is 59.8. The molecule has 3 N–H and O–H groups in total. The first-order chi connectivity index (χ1) is 50.2. The van der Waals surface area contributed by atoms with Crippen LogP contribution in [0, 0.1) is 23.3 Å². The van der Waals surface area contributed by atoms with Crippen LogP contribution in [0.25, 0.3) is 11.4 Å². The van der Waals surface area contributed by atoms with Gasteiger partial charge in [0.1, 0.15) is 34.4 Å². The number of ketones is 1. The van der Waals surface area contributed by atoms with Crippen molar-refractivity contribution in [2.45, 2.75) is 119 Å². The fourth-order valence-electron chi connectivity index (χ4n) is 9.18. The van der Waals surface area contributed by atoms with E-state index in [9.17, 15) is 96.8 Å². The number of aryl methyl sites for hydroxylation is 1. The zero-order valence-corrected chi connectivity index (χ0v) is 66.9. The standard InChI is InChI=1S/C23H21ClF4N2O3S.C13H17FO4S.C11H9ClF3N3.C11H13FO4S.C8H8BrFO2S.C5H9ClO2/c1-14(15-6-7-16(20(25)10-15)13-34(2,32)33)21(31)9-8-19-12-22(23(26,27)28)29-30(19)18-5-3-4-17(24)11-18;1-4-18-13(15)9(2)10-5-6-11(12(14)7-10)8-19(3,16)17;12-7-2-1-3-8(4-7)18-9(6-16)5-10(17-18)11(13,14)15;1-7(11(13)14)8-3-4-9(10(12)5-8)6-17(2,15)16;1-13(11,12)5-6-2-3-7(9)4-8(6)10;1-3-8-5(7)4(2)6/h3-7,10-12,14H,8-9,13H2,1-2H3;5-7,9H,4,8H2,1-3H3;1-5H,6,16H2;3-5,7H,6H2,1-2H3,(H,13,14);2-4H,5H2,1H3;4H,3H2,1-2H3. The molecule has 0 spiro atoms. The molecule has 0 saturated carbocycles. The van der Waals surface area contributed by atoms with Crippen molar-refractivity contribution in [2.75, 3.05) is 38.2 Å². The molecule has 0 amide bonds. The van der Waals surface area contributed by atoms with Gasteiger partial charge in [-0.3, -0.25) is 19.2 Å². The lowest BCUT2D eigenvalue weighted by Crippen LogP contribution is -2.13. The van der Waals surface area contributed by atoms with E-state index >= 15 is 0 Å². The molecule has 2 heterocycles. The molecule has 8 aromatic rings. The van der Waals surface area contributed by atoms with E-state index in [1.54, 1.807) is 83.1 Å². The molecule has 0 saturated heterocycles. The number of carbonyl (C=O) groups excluding carboxylic acids is 3. The Balaban J connectivity index is 0.000000358. The highest BCUT2D eigenvalue weighted by atomic mass is 79.9. The van der Waals surface area contributed by atoms with Crippen LogP contribution in [0.4, 0.5) is 43.9 Å². The number of nitrogens with zero attached hydrogens (tertiary/aromatic N) is 4. The lowest BCUT2D eigenvalue weighted by atomic mass is 9.93. The first-order valence-electron chi connectivity index (χ1n) is 31.9. The Bertz CT molecular complexity index is 4960. The third kappa shape index (κ3) is 33.8. The molecule has 2 aromatic heterocycles. The van der Waals surface area contributed by atoms with Gasteiger partial charge in [0.25, 0.3) is 0 Å². The molecule has 598 valence electrons. The third-order valence-electron chi connectivity index (χ3n) is 14.6. The predicted molar refractivity (Wildman–Crippen MR) is 397 cm³/mol. The number of carboxylic acid groups (broad SMARTS) is 1. The largest absolute Gasteiger partial charge is 0.481 e. The molecule has 0 aliphatic heterocycles. The molecule has 4 atom stereocenters. The SMILES string of the molecule is CC(C(=O)CCc1cc(C(F)(F)F)nn1-c1cccc(Cl)c1)c1ccc(CS(C)(=O)=O)c(F)c1.CC(C(=O)O)c1ccc(CS(C)(=O)=O)c(F)c1.CCOC(=O)C(C)Cl.CCOC(=O)C(C)c1ccc(CS(C)(=O)=O)c(F)c1.CS(=O)(=O)Cc1ccc(Br)cc1F.NCc1cc(C(F)(F)F)nn1-c1cccc(Cl)c1. The van der Waals surface area contributed by atoms with Crippen molar-refractivity contribution in [3.63, 3.8) is 0 Å². The topological polar surface area (TPSA) is 305 Å².